The predicted octanol–water partition coefficient (Wildman–Crippen LogP) is 3.97. The van der Waals surface area contributed by atoms with E-state index in [1.807, 2.05) is 66.2 Å². The maximum atomic E-state index is 5.51. The number of rotatable bonds is 1. The minimum atomic E-state index is 0.819. The van der Waals surface area contributed by atoms with Gasteiger partial charge in [-0.3, -0.25) is 0 Å². The zero-order valence-electron chi connectivity index (χ0n) is 10.00. The normalized spacial score (nSPS) is 10.7. The van der Waals surface area contributed by atoms with Gasteiger partial charge in [0.25, 0.3) is 0 Å². The van der Waals surface area contributed by atoms with Gasteiger partial charge in [0.2, 0.25) is 0 Å². The summed E-state index contributed by atoms with van der Waals surface area (Å²) in [6, 6.07) is 18.1. The lowest BCUT2D eigenvalue weighted by Gasteiger charge is -2.10. The fraction of sp³-hybridized carbons (Fsp3) is 0.0667. The van der Waals surface area contributed by atoms with Crippen LogP contribution in [0.3, 0.4) is 0 Å². The molecule has 0 aliphatic carbocycles. The van der Waals surface area contributed by atoms with Gasteiger partial charge < -0.3 is 4.57 Å². The fourth-order valence-corrected chi connectivity index (χ4v) is 2.32. The molecule has 3 rings (SSSR count). The van der Waals surface area contributed by atoms with Crippen molar-refractivity contribution in [3.05, 3.63) is 59.2 Å². The zero-order chi connectivity index (χ0) is 12.5. The number of fused-ring (bicyclic) bond motifs is 1. The molecule has 18 heavy (non-hydrogen) atoms. The monoisotopic (exact) mass is 252 g/mol. The largest absolute Gasteiger partial charge is 0.319 e. The third kappa shape index (κ3) is 1.73. The molecule has 0 aliphatic heterocycles. The van der Waals surface area contributed by atoms with Crippen LogP contribution in [0.4, 0.5) is 0 Å². The van der Waals surface area contributed by atoms with Crippen molar-refractivity contribution in [3.63, 3.8) is 0 Å². The van der Waals surface area contributed by atoms with Crippen LogP contribution in [-0.4, -0.2) is 9.55 Å². The standard InChI is InChI=1S/C15H12N2S/c1-17-14(11-7-3-2-4-8-11)16-13-10-6-5-9-12(13)15(17)18/h2-10H,1H3. The highest BCUT2D eigenvalue weighted by Crippen LogP contribution is 2.21. The number of benzene rings is 2. The lowest BCUT2D eigenvalue weighted by Crippen LogP contribution is -2.02. The van der Waals surface area contributed by atoms with E-state index in [1.54, 1.807) is 0 Å². The van der Waals surface area contributed by atoms with Crippen LogP contribution in [0, 0.1) is 4.64 Å². The number of para-hydroxylation sites is 1. The lowest BCUT2D eigenvalue weighted by atomic mass is 10.2. The molecular weight excluding hydrogens is 240 g/mol. The molecule has 2 aromatic carbocycles. The van der Waals surface area contributed by atoms with E-state index in [4.69, 9.17) is 17.2 Å². The van der Waals surface area contributed by atoms with E-state index in [2.05, 4.69) is 0 Å². The van der Waals surface area contributed by atoms with Crippen LogP contribution in [0.2, 0.25) is 0 Å². The maximum absolute atomic E-state index is 5.51. The second kappa shape index (κ2) is 4.35. The average Bonchev–Trinajstić information content (AvgIpc) is 2.44. The Hall–Kier alpha value is -2.00. The average molecular weight is 252 g/mol. The maximum Gasteiger partial charge on any atom is 0.141 e. The van der Waals surface area contributed by atoms with Crippen molar-refractivity contribution < 1.29 is 0 Å². The van der Waals surface area contributed by atoms with Crippen LogP contribution in [-0.2, 0) is 7.05 Å². The molecule has 3 heteroatoms. The first-order valence-corrected chi connectivity index (χ1v) is 6.19. The molecule has 0 saturated heterocycles. The second-order valence-electron chi connectivity index (χ2n) is 4.18. The first-order chi connectivity index (χ1) is 8.77. The smallest absolute Gasteiger partial charge is 0.141 e. The Bertz CT molecular complexity index is 760. The van der Waals surface area contributed by atoms with Crippen molar-refractivity contribution in [1.82, 2.24) is 9.55 Å². The predicted molar refractivity (Wildman–Crippen MR) is 77.0 cm³/mol. The second-order valence-corrected chi connectivity index (χ2v) is 4.57. The van der Waals surface area contributed by atoms with Crippen molar-refractivity contribution in [2.75, 3.05) is 0 Å². The molecule has 0 aliphatic rings. The number of nitrogens with zero attached hydrogens (tertiary/aromatic N) is 2. The van der Waals surface area contributed by atoms with E-state index < -0.39 is 0 Å². The summed E-state index contributed by atoms with van der Waals surface area (Å²) in [4.78, 5) is 4.70. The fourth-order valence-electron chi connectivity index (χ4n) is 2.06. The molecule has 0 fully saturated rings. The molecule has 1 aromatic heterocycles. The van der Waals surface area contributed by atoms with Gasteiger partial charge in [-0.2, -0.15) is 0 Å². The summed E-state index contributed by atoms with van der Waals surface area (Å²) in [5.74, 6) is 0.902. The van der Waals surface area contributed by atoms with E-state index in [0.29, 0.717) is 0 Å². The van der Waals surface area contributed by atoms with Crippen LogP contribution in [0.15, 0.2) is 54.6 Å². The Morgan fingerprint density at radius 1 is 0.944 bits per heavy atom. The van der Waals surface area contributed by atoms with Gasteiger partial charge in [-0.15, -0.1) is 0 Å². The first-order valence-electron chi connectivity index (χ1n) is 5.78. The van der Waals surface area contributed by atoms with Crippen molar-refractivity contribution in [1.29, 1.82) is 0 Å². The summed E-state index contributed by atoms with van der Waals surface area (Å²) < 4.78 is 2.78. The van der Waals surface area contributed by atoms with Crippen LogP contribution >= 0.6 is 12.2 Å². The summed E-state index contributed by atoms with van der Waals surface area (Å²) in [6.45, 7) is 0. The summed E-state index contributed by atoms with van der Waals surface area (Å²) in [5.41, 5.74) is 2.02. The Kier molecular flexibility index (Phi) is 2.68. The summed E-state index contributed by atoms with van der Waals surface area (Å²) in [5, 5.41) is 1.02. The quantitative estimate of drug-likeness (QED) is 0.610. The highest BCUT2D eigenvalue weighted by atomic mass is 32.1. The third-order valence-corrected chi connectivity index (χ3v) is 3.51. The van der Waals surface area contributed by atoms with Gasteiger partial charge in [0, 0.05) is 18.0 Å². The summed E-state index contributed by atoms with van der Waals surface area (Å²) in [7, 11) is 1.96. The number of aromatic nitrogens is 2. The van der Waals surface area contributed by atoms with Crippen LogP contribution in [0.25, 0.3) is 22.3 Å². The molecule has 0 radical (unpaired) electrons. The molecule has 0 N–H and O–H groups in total. The van der Waals surface area contributed by atoms with Crippen molar-refractivity contribution >= 4 is 23.1 Å². The molecule has 0 spiro atoms. The van der Waals surface area contributed by atoms with Gasteiger partial charge in [-0.05, 0) is 12.1 Å². The molecule has 88 valence electrons. The lowest BCUT2D eigenvalue weighted by molar-refractivity contribution is 0.879. The Morgan fingerprint density at radius 2 is 1.61 bits per heavy atom. The Balaban J connectivity index is 2.38. The molecule has 2 nitrogen and oxygen atoms in total. The molecule has 1 heterocycles. The highest BCUT2D eigenvalue weighted by Gasteiger charge is 2.06. The van der Waals surface area contributed by atoms with Crippen molar-refractivity contribution in [3.8, 4) is 11.4 Å². The zero-order valence-corrected chi connectivity index (χ0v) is 10.8. The Labute approximate surface area is 111 Å². The summed E-state index contributed by atoms with van der Waals surface area (Å²) >= 11 is 5.51. The SMILES string of the molecule is Cn1c(-c2ccccc2)nc2ccccc2c1=S. The summed E-state index contributed by atoms with van der Waals surface area (Å²) in [6.07, 6.45) is 0. The van der Waals surface area contributed by atoms with Crippen molar-refractivity contribution in [2.24, 2.45) is 7.05 Å². The highest BCUT2D eigenvalue weighted by molar-refractivity contribution is 7.71. The van der Waals surface area contributed by atoms with Gasteiger partial charge in [0.1, 0.15) is 10.5 Å². The van der Waals surface area contributed by atoms with Gasteiger partial charge in [0.05, 0.1) is 5.52 Å². The van der Waals surface area contributed by atoms with E-state index in [0.717, 1.165) is 26.9 Å². The molecular formula is C15H12N2S. The van der Waals surface area contributed by atoms with Crippen LogP contribution in [0.5, 0.6) is 0 Å². The third-order valence-electron chi connectivity index (χ3n) is 3.02. The molecule has 0 unspecified atom stereocenters. The minimum absolute atomic E-state index is 0.819. The van der Waals surface area contributed by atoms with Gasteiger partial charge in [-0.25, -0.2) is 4.98 Å². The van der Waals surface area contributed by atoms with Crippen LogP contribution < -0.4 is 0 Å². The number of hydrogen-bond acceptors (Lipinski definition) is 2. The number of hydrogen-bond donors (Lipinski definition) is 0. The molecule has 0 amide bonds. The minimum Gasteiger partial charge on any atom is -0.319 e. The van der Waals surface area contributed by atoms with E-state index in [-0.39, 0.29) is 0 Å². The molecule has 0 saturated carbocycles. The van der Waals surface area contributed by atoms with E-state index in [1.165, 1.54) is 0 Å². The first kappa shape index (κ1) is 11.1. The Morgan fingerprint density at radius 3 is 2.39 bits per heavy atom. The molecule has 0 bridgehead atoms. The molecule has 3 aromatic rings. The molecule has 0 atom stereocenters. The van der Waals surface area contributed by atoms with Gasteiger partial charge in [0.15, 0.2) is 0 Å². The topological polar surface area (TPSA) is 17.8 Å². The van der Waals surface area contributed by atoms with Gasteiger partial charge in [-0.1, -0.05) is 54.7 Å². The van der Waals surface area contributed by atoms with Crippen LogP contribution in [0.1, 0.15) is 0 Å². The van der Waals surface area contributed by atoms with Gasteiger partial charge >= 0.3 is 0 Å². The van der Waals surface area contributed by atoms with Crippen molar-refractivity contribution in [2.45, 2.75) is 0 Å². The van der Waals surface area contributed by atoms with E-state index >= 15 is 0 Å². The van der Waals surface area contributed by atoms with E-state index in [9.17, 15) is 0 Å².